The first-order valence-electron chi connectivity index (χ1n) is 5.80. The number of methoxy groups -OCH3 is 2. The summed E-state index contributed by atoms with van der Waals surface area (Å²) >= 11 is 2.24. The second-order valence-corrected chi connectivity index (χ2v) is 5.35. The monoisotopic (exact) mass is 370 g/mol. The van der Waals surface area contributed by atoms with Gasteiger partial charge in [0.1, 0.15) is 17.6 Å². The number of aliphatic hydroxyl groups is 1. The van der Waals surface area contributed by atoms with Crippen molar-refractivity contribution in [1.29, 1.82) is 0 Å². The van der Waals surface area contributed by atoms with Crippen LogP contribution in [-0.4, -0.2) is 19.3 Å². The van der Waals surface area contributed by atoms with Gasteiger partial charge in [-0.3, -0.25) is 0 Å². The van der Waals surface area contributed by atoms with Gasteiger partial charge in [-0.15, -0.1) is 0 Å². The van der Waals surface area contributed by atoms with Gasteiger partial charge in [0.25, 0.3) is 0 Å². The summed E-state index contributed by atoms with van der Waals surface area (Å²) in [6.07, 6.45) is -0.694. The summed E-state index contributed by atoms with van der Waals surface area (Å²) in [4.78, 5) is 0. The summed E-state index contributed by atoms with van der Waals surface area (Å²) in [6, 6.07) is 13.2. The predicted octanol–water partition coefficient (Wildman–Crippen LogP) is 3.39. The Hall–Kier alpha value is -1.27. The summed E-state index contributed by atoms with van der Waals surface area (Å²) in [6.45, 7) is 0. The topological polar surface area (TPSA) is 38.7 Å². The molecule has 100 valence electrons. The smallest absolute Gasteiger partial charge is 0.122 e. The number of ether oxygens (including phenoxy) is 2. The molecule has 1 unspecified atom stereocenters. The van der Waals surface area contributed by atoms with E-state index in [0.717, 1.165) is 14.7 Å². The van der Waals surface area contributed by atoms with E-state index in [0.29, 0.717) is 11.5 Å². The average molecular weight is 370 g/mol. The molecule has 0 aliphatic heterocycles. The van der Waals surface area contributed by atoms with Crippen molar-refractivity contribution in [2.45, 2.75) is 6.10 Å². The molecule has 1 atom stereocenters. The lowest BCUT2D eigenvalue weighted by Gasteiger charge is -2.14. The van der Waals surface area contributed by atoms with Crippen LogP contribution >= 0.6 is 22.6 Å². The zero-order valence-electron chi connectivity index (χ0n) is 10.8. The van der Waals surface area contributed by atoms with Crippen molar-refractivity contribution in [1.82, 2.24) is 0 Å². The summed E-state index contributed by atoms with van der Waals surface area (Å²) in [5, 5.41) is 10.4. The first-order valence-corrected chi connectivity index (χ1v) is 6.88. The molecule has 0 fully saturated rings. The van der Waals surface area contributed by atoms with Crippen LogP contribution in [0.3, 0.4) is 0 Å². The zero-order valence-corrected chi connectivity index (χ0v) is 12.9. The van der Waals surface area contributed by atoms with Crippen molar-refractivity contribution in [2.75, 3.05) is 14.2 Å². The fraction of sp³-hybridized carbons (Fsp3) is 0.200. The molecule has 4 heteroatoms. The van der Waals surface area contributed by atoms with Crippen molar-refractivity contribution < 1.29 is 14.6 Å². The van der Waals surface area contributed by atoms with Gasteiger partial charge in [0.2, 0.25) is 0 Å². The summed E-state index contributed by atoms with van der Waals surface area (Å²) < 4.78 is 11.6. The second kappa shape index (κ2) is 6.25. The first-order chi connectivity index (χ1) is 9.13. The highest BCUT2D eigenvalue weighted by Gasteiger charge is 2.13. The molecule has 2 rings (SSSR count). The van der Waals surface area contributed by atoms with Gasteiger partial charge in [-0.2, -0.15) is 0 Å². The van der Waals surface area contributed by atoms with Crippen LogP contribution in [0.15, 0.2) is 42.5 Å². The Labute approximate surface area is 126 Å². The van der Waals surface area contributed by atoms with E-state index >= 15 is 0 Å². The van der Waals surface area contributed by atoms with Gasteiger partial charge in [0, 0.05) is 9.64 Å². The van der Waals surface area contributed by atoms with Gasteiger partial charge in [0.15, 0.2) is 0 Å². The van der Waals surface area contributed by atoms with E-state index in [-0.39, 0.29) is 0 Å². The van der Waals surface area contributed by atoms with Crippen molar-refractivity contribution in [3.63, 3.8) is 0 Å². The molecule has 0 aliphatic carbocycles. The molecule has 0 aromatic heterocycles. The van der Waals surface area contributed by atoms with Crippen LogP contribution < -0.4 is 9.47 Å². The minimum Gasteiger partial charge on any atom is -0.497 e. The molecule has 0 bridgehead atoms. The minimum absolute atomic E-state index is 0.666. The number of hydrogen-bond donors (Lipinski definition) is 1. The van der Waals surface area contributed by atoms with Gasteiger partial charge in [-0.25, -0.2) is 0 Å². The van der Waals surface area contributed by atoms with E-state index < -0.39 is 6.10 Å². The van der Waals surface area contributed by atoms with E-state index in [1.807, 2.05) is 36.4 Å². The summed E-state index contributed by atoms with van der Waals surface area (Å²) in [5.41, 5.74) is 1.59. The van der Waals surface area contributed by atoms with Crippen molar-refractivity contribution in [3.8, 4) is 11.5 Å². The van der Waals surface area contributed by atoms with Crippen LogP contribution in [0.25, 0.3) is 0 Å². The predicted molar refractivity (Wildman–Crippen MR) is 82.8 cm³/mol. The van der Waals surface area contributed by atoms with Gasteiger partial charge in [0.05, 0.1) is 14.2 Å². The molecule has 0 amide bonds. The lowest BCUT2D eigenvalue weighted by molar-refractivity contribution is 0.219. The van der Waals surface area contributed by atoms with Crippen molar-refractivity contribution in [2.24, 2.45) is 0 Å². The highest BCUT2D eigenvalue weighted by molar-refractivity contribution is 14.1. The van der Waals surface area contributed by atoms with Crippen molar-refractivity contribution in [3.05, 3.63) is 57.2 Å². The molecule has 0 aliphatic rings. The number of hydrogen-bond acceptors (Lipinski definition) is 3. The molecule has 0 saturated heterocycles. The number of aliphatic hydroxyl groups excluding tert-OH is 1. The quantitative estimate of drug-likeness (QED) is 0.839. The average Bonchev–Trinajstić information content (AvgIpc) is 2.46. The number of rotatable bonds is 4. The number of benzene rings is 2. The summed E-state index contributed by atoms with van der Waals surface area (Å²) in [5.74, 6) is 1.33. The molecule has 0 radical (unpaired) electrons. The molecular formula is C15H15IO3. The molecule has 3 nitrogen and oxygen atoms in total. The Morgan fingerprint density at radius 2 is 1.42 bits per heavy atom. The lowest BCUT2D eigenvalue weighted by atomic mass is 10.0. The van der Waals surface area contributed by atoms with Gasteiger partial charge >= 0.3 is 0 Å². The third-order valence-electron chi connectivity index (χ3n) is 2.88. The maximum Gasteiger partial charge on any atom is 0.122 e. The highest BCUT2D eigenvalue weighted by atomic mass is 127. The largest absolute Gasteiger partial charge is 0.497 e. The minimum atomic E-state index is -0.694. The maximum atomic E-state index is 10.4. The van der Waals surface area contributed by atoms with Crippen LogP contribution in [0.2, 0.25) is 0 Å². The SMILES string of the molecule is COc1cc(OC)cc(C(O)c2ccc(I)cc2)c1. The standard InChI is InChI=1S/C15H15IO3/c1-18-13-7-11(8-14(9-13)19-2)15(17)10-3-5-12(16)6-4-10/h3-9,15,17H,1-2H3. The van der Waals surface area contributed by atoms with Crippen molar-refractivity contribution >= 4 is 22.6 Å². The Morgan fingerprint density at radius 3 is 1.89 bits per heavy atom. The van der Waals surface area contributed by atoms with Gasteiger partial charge in [-0.05, 0) is 58.0 Å². The molecule has 0 heterocycles. The van der Waals surface area contributed by atoms with E-state index in [9.17, 15) is 5.11 Å². The van der Waals surface area contributed by atoms with E-state index in [1.165, 1.54) is 0 Å². The molecule has 2 aromatic carbocycles. The maximum absolute atomic E-state index is 10.4. The van der Waals surface area contributed by atoms with Gasteiger partial charge < -0.3 is 14.6 Å². The Bertz CT molecular complexity index is 530. The molecule has 0 spiro atoms. The van der Waals surface area contributed by atoms with Crippen LogP contribution in [0.5, 0.6) is 11.5 Å². The molecular weight excluding hydrogens is 355 g/mol. The molecule has 2 aromatic rings. The van der Waals surface area contributed by atoms with Crippen LogP contribution in [0, 0.1) is 3.57 Å². The lowest BCUT2D eigenvalue weighted by Crippen LogP contribution is -2.01. The fourth-order valence-corrected chi connectivity index (χ4v) is 2.18. The molecule has 0 saturated carbocycles. The highest BCUT2D eigenvalue weighted by Crippen LogP contribution is 2.30. The van der Waals surface area contributed by atoms with Crippen LogP contribution in [0.1, 0.15) is 17.2 Å². The number of halogens is 1. The third-order valence-corrected chi connectivity index (χ3v) is 3.59. The van der Waals surface area contributed by atoms with E-state index in [4.69, 9.17) is 9.47 Å². The Morgan fingerprint density at radius 1 is 0.895 bits per heavy atom. The fourth-order valence-electron chi connectivity index (χ4n) is 1.82. The summed E-state index contributed by atoms with van der Waals surface area (Å²) in [7, 11) is 3.19. The van der Waals surface area contributed by atoms with E-state index in [1.54, 1.807) is 20.3 Å². The van der Waals surface area contributed by atoms with Gasteiger partial charge in [-0.1, -0.05) is 12.1 Å². The van der Waals surface area contributed by atoms with Crippen LogP contribution in [-0.2, 0) is 0 Å². The molecule has 19 heavy (non-hydrogen) atoms. The zero-order chi connectivity index (χ0) is 13.8. The normalized spacial score (nSPS) is 12.0. The van der Waals surface area contributed by atoms with E-state index in [2.05, 4.69) is 22.6 Å². The molecule has 1 N–H and O–H groups in total. The second-order valence-electron chi connectivity index (χ2n) is 4.10. The first kappa shape index (κ1) is 14.1. The van der Waals surface area contributed by atoms with Crippen LogP contribution in [0.4, 0.5) is 0 Å². The third kappa shape index (κ3) is 3.39. The Balaban J connectivity index is 2.37. The Kier molecular flexibility index (Phi) is 4.66.